The van der Waals surface area contributed by atoms with E-state index < -0.39 is 17.7 Å². The van der Waals surface area contributed by atoms with Gasteiger partial charge in [0.25, 0.3) is 5.91 Å². The van der Waals surface area contributed by atoms with Crippen molar-refractivity contribution in [3.63, 3.8) is 0 Å². The van der Waals surface area contributed by atoms with Crippen molar-refractivity contribution in [2.24, 2.45) is 0 Å². The normalized spacial score (nSPS) is 23.1. The Morgan fingerprint density at radius 1 is 1.56 bits per heavy atom. The van der Waals surface area contributed by atoms with Crippen LogP contribution in [-0.4, -0.2) is 41.6 Å². The Morgan fingerprint density at radius 3 is 2.89 bits per heavy atom. The fourth-order valence-electron chi connectivity index (χ4n) is 2.15. The highest BCUT2D eigenvalue weighted by molar-refractivity contribution is 5.94. The van der Waals surface area contributed by atoms with Crippen molar-refractivity contribution in [3.8, 4) is 0 Å². The summed E-state index contributed by atoms with van der Waals surface area (Å²) in [7, 11) is 1.57. The first-order valence-corrected chi connectivity index (χ1v) is 5.71. The first kappa shape index (κ1) is 12.9. The molecule has 0 N–H and O–H groups in total. The van der Waals surface area contributed by atoms with Crippen LogP contribution >= 0.6 is 0 Å². The Balaban J connectivity index is 2.23. The lowest BCUT2D eigenvalue weighted by molar-refractivity contribution is 0.0569. The Morgan fingerprint density at radius 2 is 2.28 bits per heavy atom. The number of amides is 1. The number of pyridine rings is 1. The fourth-order valence-corrected chi connectivity index (χ4v) is 2.15. The molecule has 1 aliphatic rings. The molecule has 1 aromatic rings. The quantitative estimate of drug-likeness (QED) is 0.755. The maximum absolute atomic E-state index is 13.5. The van der Waals surface area contributed by atoms with Gasteiger partial charge in [0.05, 0.1) is 17.7 Å². The summed E-state index contributed by atoms with van der Waals surface area (Å²) in [6.07, 6.45) is 1.67. The molecule has 98 valence electrons. The molecule has 6 heteroatoms. The first-order valence-electron chi connectivity index (χ1n) is 5.71. The minimum Gasteiger partial charge on any atom is -0.376 e. The number of rotatable bonds is 2. The Labute approximate surface area is 104 Å². The number of hydrogen-bond donors (Lipinski definition) is 0. The number of nitrogens with zero attached hydrogens (tertiary/aromatic N) is 2. The number of carbonyl (C=O) groups is 1. The van der Waals surface area contributed by atoms with E-state index >= 15 is 0 Å². The van der Waals surface area contributed by atoms with Gasteiger partial charge in [-0.3, -0.25) is 4.79 Å². The number of aromatic nitrogens is 1. The second-order valence-corrected chi connectivity index (χ2v) is 4.31. The first-order chi connectivity index (χ1) is 8.52. The van der Waals surface area contributed by atoms with Crippen LogP contribution in [0.2, 0.25) is 0 Å². The van der Waals surface area contributed by atoms with E-state index in [1.807, 2.05) is 6.92 Å². The van der Waals surface area contributed by atoms with Crippen molar-refractivity contribution in [1.82, 2.24) is 9.88 Å². The molecule has 2 heterocycles. The molecule has 4 nitrogen and oxygen atoms in total. The van der Waals surface area contributed by atoms with Crippen LogP contribution in [0.1, 0.15) is 23.7 Å². The van der Waals surface area contributed by atoms with Crippen molar-refractivity contribution in [2.75, 3.05) is 13.7 Å². The molecule has 18 heavy (non-hydrogen) atoms. The van der Waals surface area contributed by atoms with E-state index in [1.165, 1.54) is 11.0 Å². The summed E-state index contributed by atoms with van der Waals surface area (Å²) >= 11 is 0. The van der Waals surface area contributed by atoms with Crippen LogP contribution in [0.5, 0.6) is 0 Å². The zero-order valence-corrected chi connectivity index (χ0v) is 10.2. The third-order valence-corrected chi connectivity index (χ3v) is 3.23. The smallest absolute Gasteiger partial charge is 0.257 e. The minimum absolute atomic E-state index is 0.103. The number of halogens is 2. The van der Waals surface area contributed by atoms with Gasteiger partial charge in [-0.2, -0.15) is 4.39 Å². The molecule has 0 bridgehead atoms. The van der Waals surface area contributed by atoms with Crippen molar-refractivity contribution < 1.29 is 18.3 Å². The molecule has 0 radical (unpaired) electrons. The van der Waals surface area contributed by atoms with E-state index in [-0.39, 0.29) is 17.7 Å². The minimum atomic E-state index is -1.26. The van der Waals surface area contributed by atoms with Crippen LogP contribution < -0.4 is 0 Å². The number of hydrogen-bond acceptors (Lipinski definition) is 3. The van der Waals surface area contributed by atoms with Gasteiger partial charge < -0.3 is 9.64 Å². The monoisotopic (exact) mass is 256 g/mol. The molecule has 0 aromatic carbocycles. The van der Waals surface area contributed by atoms with Gasteiger partial charge >= 0.3 is 0 Å². The van der Waals surface area contributed by atoms with Crippen molar-refractivity contribution in [3.05, 3.63) is 29.6 Å². The van der Waals surface area contributed by atoms with Crippen LogP contribution in [0.25, 0.3) is 0 Å². The van der Waals surface area contributed by atoms with Crippen LogP contribution in [0, 0.1) is 11.8 Å². The predicted molar refractivity (Wildman–Crippen MR) is 60.1 cm³/mol. The predicted octanol–water partition coefficient (Wildman–Crippen LogP) is 1.61. The molecule has 2 rings (SSSR count). The van der Waals surface area contributed by atoms with E-state index in [4.69, 9.17) is 4.74 Å². The summed E-state index contributed by atoms with van der Waals surface area (Å²) in [6.45, 7) is 2.42. The standard InChI is InChI=1S/C12H14F2N2O2/c1-7-9(4-6-18-7)16(2)12(17)8-3-5-15-11(14)10(8)13/h3,5,7,9H,4,6H2,1-2H3. The van der Waals surface area contributed by atoms with Gasteiger partial charge in [-0.05, 0) is 19.4 Å². The molecular weight excluding hydrogens is 242 g/mol. The maximum Gasteiger partial charge on any atom is 0.257 e. The molecule has 2 atom stereocenters. The molecule has 2 unspecified atom stereocenters. The number of likely N-dealkylation sites (N-methyl/N-ethyl adjacent to an activating group) is 1. The molecule has 0 spiro atoms. The van der Waals surface area contributed by atoms with Crippen LogP contribution in [0.4, 0.5) is 8.78 Å². The molecule has 0 aliphatic carbocycles. The molecule has 1 aliphatic heterocycles. The summed E-state index contributed by atoms with van der Waals surface area (Å²) in [6, 6.07) is 1.06. The highest BCUT2D eigenvalue weighted by Gasteiger charge is 2.32. The van der Waals surface area contributed by atoms with Crippen molar-refractivity contribution >= 4 is 5.91 Å². The van der Waals surface area contributed by atoms with Gasteiger partial charge in [0, 0.05) is 19.9 Å². The molecule has 1 aromatic heterocycles. The van der Waals surface area contributed by atoms with E-state index in [0.29, 0.717) is 13.0 Å². The highest BCUT2D eigenvalue weighted by Crippen LogP contribution is 2.21. The summed E-state index contributed by atoms with van der Waals surface area (Å²) in [5, 5.41) is 0. The van der Waals surface area contributed by atoms with Gasteiger partial charge in [-0.1, -0.05) is 0 Å². The average molecular weight is 256 g/mol. The van der Waals surface area contributed by atoms with Crippen LogP contribution in [0.3, 0.4) is 0 Å². The summed E-state index contributed by atoms with van der Waals surface area (Å²) in [4.78, 5) is 16.6. The largest absolute Gasteiger partial charge is 0.376 e. The van der Waals surface area contributed by atoms with E-state index in [9.17, 15) is 13.6 Å². The van der Waals surface area contributed by atoms with E-state index in [1.54, 1.807) is 7.05 Å². The summed E-state index contributed by atoms with van der Waals surface area (Å²) in [5.74, 6) is -3.03. The SMILES string of the molecule is CC1OCCC1N(C)C(=O)c1ccnc(F)c1F. The Kier molecular flexibility index (Phi) is 3.56. The van der Waals surface area contributed by atoms with Crippen LogP contribution in [0.15, 0.2) is 12.3 Å². The maximum atomic E-state index is 13.5. The highest BCUT2D eigenvalue weighted by atomic mass is 19.2. The van der Waals surface area contributed by atoms with E-state index in [0.717, 1.165) is 6.20 Å². The lowest BCUT2D eigenvalue weighted by Gasteiger charge is -2.26. The second-order valence-electron chi connectivity index (χ2n) is 4.31. The second kappa shape index (κ2) is 4.97. The fraction of sp³-hybridized carbons (Fsp3) is 0.500. The molecule has 1 amide bonds. The number of ether oxygens (including phenoxy) is 1. The molecule has 1 fully saturated rings. The van der Waals surface area contributed by atoms with Gasteiger partial charge in [-0.15, -0.1) is 0 Å². The zero-order chi connectivity index (χ0) is 13.3. The lowest BCUT2D eigenvalue weighted by atomic mass is 10.1. The van der Waals surface area contributed by atoms with E-state index in [2.05, 4.69) is 4.98 Å². The van der Waals surface area contributed by atoms with Crippen LogP contribution in [-0.2, 0) is 4.74 Å². The Bertz CT molecular complexity index is 467. The third-order valence-electron chi connectivity index (χ3n) is 3.23. The van der Waals surface area contributed by atoms with Gasteiger partial charge in [0.15, 0.2) is 5.82 Å². The van der Waals surface area contributed by atoms with Gasteiger partial charge in [-0.25, -0.2) is 9.37 Å². The van der Waals surface area contributed by atoms with Crippen molar-refractivity contribution in [2.45, 2.75) is 25.5 Å². The topological polar surface area (TPSA) is 42.4 Å². The third kappa shape index (κ3) is 2.20. The Hall–Kier alpha value is -1.56. The molecule has 1 saturated heterocycles. The zero-order valence-electron chi connectivity index (χ0n) is 10.2. The van der Waals surface area contributed by atoms with Gasteiger partial charge in [0.1, 0.15) is 0 Å². The average Bonchev–Trinajstić information content (AvgIpc) is 2.77. The lowest BCUT2D eigenvalue weighted by Crippen LogP contribution is -2.41. The summed E-state index contributed by atoms with van der Waals surface area (Å²) in [5.41, 5.74) is -0.302. The number of carbonyl (C=O) groups excluding carboxylic acids is 1. The summed E-state index contributed by atoms with van der Waals surface area (Å²) < 4.78 is 31.8. The van der Waals surface area contributed by atoms with Gasteiger partial charge in [0.2, 0.25) is 5.95 Å². The van der Waals surface area contributed by atoms with Crippen molar-refractivity contribution in [1.29, 1.82) is 0 Å². The molecular formula is C12H14F2N2O2. The molecule has 0 saturated carbocycles.